The zero-order valence-electron chi connectivity index (χ0n) is 5.68. The Morgan fingerprint density at radius 2 is 2.44 bits per heavy atom. The smallest absolute Gasteiger partial charge is 0.246 e. The van der Waals surface area contributed by atoms with Crippen molar-refractivity contribution in [1.29, 1.82) is 0 Å². The minimum Gasteiger partial charge on any atom is -0.501 e. The van der Waals surface area contributed by atoms with E-state index in [4.69, 9.17) is 4.74 Å². The molecule has 1 amide bonds. The maximum Gasteiger partial charge on any atom is 0.246 e. The van der Waals surface area contributed by atoms with E-state index >= 15 is 0 Å². The number of amides is 1. The molecule has 9 heavy (non-hydrogen) atoms. The van der Waals surface area contributed by atoms with Crippen LogP contribution in [-0.2, 0) is 9.53 Å². The van der Waals surface area contributed by atoms with Crippen molar-refractivity contribution in [3.63, 3.8) is 0 Å². The molecule has 3 nitrogen and oxygen atoms in total. The van der Waals surface area contributed by atoms with E-state index in [0.29, 0.717) is 6.61 Å². The van der Waals surface area contributed by atoms with Crippen LogP contribution in [-0.4, -0.2) is 19.6 Å². The molecule has 0 aliphatic heterocycles. The maximum atomic E-state index is 10.4. The van der Waals surface area contributed by atoms with Gasteiger partial charge in [0, 0.05) is 13.1 Å². The summed E-state index contributed by atoms with van der Waals surface area (Å²) in [5, 5.41) is 2.42. The largest absolute Gasteiger partial charge is 0.501 e. The summed E-state index contributed by atoms with van der Waals surface area (Å²) < 4.78 is 4.76. The summed E-state index contributed by atoms with van der Waals surface area (Å²) >= 11 is 0. The molecule has 0 aliphatic carbocycles. The average molecular weight is 129 g/mol. The highest BCUT2D eigenvalue weighted by atomic mass is 16.5. The summed E-state index contributed by atoms with van der Waals surface area (Å²) in [5.74, 6) is -0.150. The molecule has 0 spiro atoms. The first-order chi connectivity index (χ1) is 4.31. The molecular weight excluding hydrogens is 118 g/mol. The molecule has 0 aliphatic rings. The Hall–Kier alpha value is -0.990. The second-order valence-electron chi connectivity index (χ2n) is 1.37. The molecule has 0 aromatic rings. The van der Waals surface area contributed by atoms with Crippen LogP contribution in [0.1, 0.15) is 6.92 Å². The van der Waals surface area contributed by atoms with E-state index in [1.54, 1.807) is 7.05 Å². The summed E-state index contributed by atoms with van der Waals surface area (Å²) in [4.78, 5) is 10.4. The van der Waals surface area contributed by atoms with E-state index in [2.05, 4.69) is 5.32 Å². The zero-order valence-corrected chi connectivity index (χ0v) is 5.68. The van der Waals surface area contributed by atoms with Gasteiger partial charge in [-0.25, -0.2) is 0 Å². The number of ether oxygens (including phenoxy) is 1. The average Bonchev–Trinajstić information content (AvgIpc) is 1.89. The van der Waals surface area contributed by atoms with Gasteiger partial charge in [-0.2, -0.15) is 0 Å². The summed E-state index contributed by atoms with van der Waals surface area (Å²) in [5.41, 5.74) is 0. The van der Waals surface area contributed by atoms with Gasteiger partial charge in [-0.1, -0.05) is 0 Å². The van der Waals surface area contributed by atoms with Crippen LogP contribution in [0.15, 0.2) is 12.3 Å². The summed E-state index contributed by atoms with van der Waals surface area (Å²) in [6.45, 7) is 2.45. The number of nitrogens with one attached hydrogen (secondary N) is 1. The van der Waals surface area contributed by atoms with Gasteiger partial charge >= 0.3 is 0 Å². The van der Waals surface area contributed by atoms with Crippen LogP contribution < -0.4 is 5.32 Å². The molecule has 0 aromatic carbocycles. The third-order valence-corrected chi connectivity index (χ3v) is 0.729. The number of hydrogen-bond donors (Lipinski definition) is 1. The van der Waals surface area contributed by atoms with Gasteiger partial charge in [0.05, 0.1) is 12.9 Å². The third-order valence-electron chi connectivity index (χ3n) is 0.729. The van der Waals surface area contributed by atoms with Crippen molar-refractivity contribution in [3.8, 4) is 0 Å². The van der Waals surface area contributed by atoms with Gasteiger partial charge in [0.25, 0.3) is 0 Å². The predicted octanol–water partition coefficient (Wildman–Crippen LogP) is 0.283. The molecule has 3 heteroatoms. The molecule has 52 valence electrons. The SMILES string of the molecule is CCOC=CC(=O)NC. The number of hydrogen-bond acceptors (Lipinski definition) is 2. The minimum atomic E-state index is -0.150. The Kier molecular flexibility index (Phi) is 4.59. The van der Waals surface area contributed by atoms with Crippen LogP contribution in [0.2, 0.25) is 0 Å². The van der Waals surface area contributed by atoms with Crippen molar-refractivity contribution < 1.29 is 9.53 Å². The van der Waals surface area contributed by atoms with Crippen LogP contribution >= 0.6 is 0 Å². The van der Waals surface area contributed by atoms with Crippen molar-refractivity contribution in [1.82, 2.24) is 5.32 Å². The van der Waals surface area contributed by atoms with Crippen molar-refractivity contribution in [3.05, 3.63) is 12.3 Å². The fourth-order valence-electron chi connectivity index (χ4n) is 0.289. The summed E-state index contributed by atoms with van der Waals surface area (Å²) in [6, 6.07) is 0. The highest BCUT2D eigenvalue weighted by molar-refractivity contribution is 5.86. The van der Waals surface area contributed by atoms with Crippen LogP contribution in [0.4, 0.5) is 0 Å². The molecule has 0 radical (unpaired) electrons. The fraction of sp³-hybridized carbons (Fsp3) is 0.500. The summed E-state index contributed by atoms with van der Waals surface area (Å²) in [6.07, 6.45) is 2.71. The first-order valence-corrected chi connectivity index (χ1v) is 2.81. The number of likely N-dealkylation sites (N-methyl/N-ethyl adjacent to an activating group) is 1. The van der Waals surface area contributed by atoms with E-state index in [0.717, 1.165) is 0 Å². The van der Waals surface area contributed by atoms with Gasteiger partial charge in [-0.05, 0) is 6.92 Å². The van der Waals surface area contributed by atoms with E-state index in [9.17, 15) is 4.79 Å². The van der Waals surface area contributed by atoms with Crippen LogP contribution in [0.25, 0.3) is 0 Å². The molecular formula is C6H11NO2. The Balaban J connectivity index is 3.32. The predicted molar refractivity (Wildman–Crippen MR) is 34.8 cm³/mol. The van der Waals surface area contributed by atoms with Crippen molar-refractivity contribution in [2.45, 2.75) is 6.92 Å². The quantitative estimate of drug-likeness (QED) is 0.439. The molecule has 0 atom stereocenters. The lowest BCUT2D eigenvalue weighted by molar-refractivity contribution is -0.116. The Labute approximate surface area is 54.7 Å². The van der Waals surface area contributed by atoms with E-state index in [1.807, 2.05) is 6.92 Å². The molecule has 0 saturated carbocycles. The van der Waals surface area contributed by atoms with Gasteiger partial charge in [-0.3, -0.25) is 4.79 Å². The van der Waals surface area contributed by atoms with Gasteiger partial charge in [0.2, 0.25) is 5.91 Å². The first kappa shape index (κ1) is 8.01. The normalized spacial score (nSPS) is 9.56. The monoisotopic (exact) mass is 129 g/mol. The van der Waals surface area contributed by atoms with Crippen LogP contribution in [0, 0.1) is 0 Å². The molecule has 0 aromatic heterocycles. The lowest BCUT2D eigenvalue weighted by atomic mass is 10.6. The molecule has 0 rings (SSSR count). The molecule has 0 fully saturated rings. The number of carbonyl (C=O) groups is 1. The lowest BCUT2D eigenvalue weighted by Gasteiger charge is -1.91. The minimum absolute atomic E-state index is 0.150. The molecule has 1 N–H and O–H groups in total. The second kappa shape index (κ2) is 5.15. The van der Waals surface area contributed by atoms with Crippen molar-refractivity contribution in [2.75, 3.05) is 13.7 Å². The van der Waals surface area contributed by atoms with E-state index < -0.39 is 0 Å². The van der Waals surface area contributed by atoms with Crippen molar-refractivity contribution >= 4 is 5.91 Å². The van der Waals surface area contributed by atoms with Crippen molar-refractivity contribution in [2.24, 2.45) is 0 Å². The molecule has 0 heterocycles. The van der Waals surface area contributed by atoms with E-state index in [-0.39, 0.29) is 5.91 Å². The van der Waals surface area contributed by atoms with Gasteiger partial charge in [-0.15, -0.1) is 0 Å². The highest BCUT2D eigenvalue weighted by Crippen LogP contribution is 1.75. The zero-order chi connectivity index (χ0) is 7.11. The number of carbonyl (C=O) groups excluding carboxylic acids is 1. The number of rotatable bonds is 3. The highest BCUT2D eigenvalue weighted by Gasteiger charge is 1.84. The Morgan fingerprint density at radius 1 is 1.78 bits per heavy atom. The van der Waals surface area contributed by atoms with Gasteiger partial charge < -0.3 is 10.1 Å². The maximum absolute atomic E-state index is 10.4. The van der Waals surface area contributed by atoms with Crippen LogP contribution in [0.5, 0.6) is 0 Å². The second-order valence-corrected chi connectivity index (χ2v) is 1.37. The third kappa shape index (κ3) is 4.87. The topological polar surface area (TPSA) is 38.3 Å². The first-order valence-electron chi connectivity index (χ1n) is 2.81. The lowest BCUT2D eigenvalue weighted by Crippen LogP contribution is -2.14. The van der Waals surface area contributed by atoms with Gasteiger partial charge in [0.15, 0.2) is 0 Å². The van der Waals surface area contributed by atoms with Gasteiger partial charge in [0.1, 0.15) is 0 Å². The van der Waals surface area contributed by atoms with Crippen LogP contribution in [0.3, 0.4) is 0 Å². The summed E-state index contributed by atoms with van der Waals surface area (Å²) in [7, 11) is 1.57. The molecule has 0 saturated heterocycles. The molecule has 0 unspecified atom stereocenters. The fourth-order valence-corrected chi connectivity index (χ4v) is 0.289. The Bertz CT molecular complexity index is 110. The Morgan fingerprint density at radius 3 is 2.89 bits per heavy atom. The van der Waals surface area contributed by atoms with E-state index in [1.165, 1.54) is 12.3 Å². The standard InChI is InChI=1S/C6H11NO2/c1-3-9-5-4-6(8)7-2/h4-5H,3H2,1-2H3,(H,7,8). The molecule has 0 bridgehead atoms.